The van der Waals surface area contributed by atoms with Gasteiger partial charge in [0.15, 0.2) is 0 Å². The molecule has 20 heavy (non-hydrogen) atoms. The Hall–Kier alpha value is -0.470. The van der Waals surface area contributed by atoms with Crippen LogP contribution in [-0.4, -0.2) is 55.0 Å². The zero-order valence-corrected chi connectivity index (χ0v) is 13.8. The maximum absolute atomic E-state index is 12.6. The maximum Gasteiger partial charge on any atom is 0.252 e. The van der Waals surface area contributed by atoms with E-state index in [-0.39, 0.29) is 6.61 Å². The number of sulfonamides is 1. The van der Waals surface area contributed by atoms with E-state index in [0.717, 1.165) is 23.5 Å². The van der Waals surface area contributed by atoms with Crippen LogP contribution in [-0.2, 0) is 16.6 Å². The number of aliphatic hydroxyl groups is 1. The highest BCUT2D eigenvalue weighted by molar-refractivity contribution is 7.91. The standard InChI is InChI=1S/C13H22N2O3S2/c1-10(2)14-4-6-15(7-5-14)20(17,18)13-8-11(3)12(9-16)19-13/h8,10,16H,4-7,9H2,1-3H3. The molecule has 1 aliphatic heterocycles. The molecule has 0 unspecified atom stereocenters. The molecular formula is C13H22N2O3S2. The smallest absolute Gasteiger partial charge is 0.252 e. The molecule has 0 saturated carbocycles. The molecule has 2 rings (SSSR count). The average molecular weight is 318 g/mol. The summed E-state index contributed by atoms with van der Waals surface area (Å²) in [4.78, 5) is 3.01. The average Bonchev–Trinajstić information content (AvgIpc) is 2.80. The summed E-state index contributed by atoms with van der Waals surface area (Å²) < 4.78 is 27.1. The van der Waals surface area contributed by atoms with Gasteiger partial charge in [0.1, 0.15) is 4.21 Å². The summed E-state index contributed by atoms with van der Waals surface area (Å²) in [6.45, 7) is 8.59. The summed E-state index contributed by atoms with van der Waals surface area (Å²) >= 11 is 1.17. The molecule has 2 heterocycles. The van der Waals surface area contributed by atoms with E-state index in [0.29, 0.717) is 23.3 Å². The molecule has 0 atom stereocenters. The maximum atomic E-state index is 12.6. The van der Waals surface area contributed by atoms with Gasteiger partial charge in [-0.05, 0) is 32.4 Å². The SMILES string of the molecule is Cc1cc(S(=O)(=O)N2CCN(C(C)C)CC2)sc1CO. The van der Waals surface area contributed by atoms with Gasteiger partial charge in [0.2, 0.25) is 0 Å². The van der Waals surface area contributed by atoms with Gasteiger partial charge in [-0.25, -0.2) is 8.42 Å². The molecule has 7 heteroatoms. The molecule has 1 aromatic rings. The Balaban J connectivity index is 2.15. The number of aliphatic hydroxyl groups excluding tert-OH is 1. The van der Waals surface area contributed by atoms with Gasteiger partial charge in [-0.2, -0.15) is 4.31 Å². The molecule has 5 nitrogen and oxygen atoms in total. The van der Waals surface area contributed by atoms with Gasteiger partial charge in [-0.1, -0.05) is 0 Å². The Morgan fingerprint density at radius 2 is 1.90 bits per heavy atom. The number of thiophene rings is 1. The molecule has 0 bridgehead atoms. The summed E-state index contributed by atoms with van der Waals surface area (Å²) in [5, 5.41) is 9.20. The van der Waals surface area contributed by atoms with Crippen molar-refractivity contribution in [3.05, 3.63) is 16.5 Å². The highest BCUT2D eigenvalue weighted by Crippen LogP contribution is 2.29. The lowest BCUT2D eigenvalue weighted by Crippen LogP contribution is -2.50. The molecule has 1 fully saturated rings. The Morgan fingerprint density at radius 3 is 2.35 bits per heavy atom. The Labute approximate surface area is 124 Å². The Bertz CT molecular complexity index is 558. The van der Waals surface area contributed by atoms with E-state index in [1.807, 2.05) is 6.92 Å². The number of piperazine rings is 1. The predicted octanol–water partition coefficient (Wildman–Crippen LogP) is 1.26. The summed E-state index contributed by atoms with van der Waals surface area (Å²) in [6.07, 6.45) is 0. The highest BCUT2D eigenvalue weighted by Gasteiger charge is 2.30. The predicted molar refractivity (Wildman–Crippen MR) is 80.4 cm³/mol. The third kappa shape index (κ3) is 3.07. The van der Waals surface area contributed by atoms with Crippen LogP contribution in [0.25, 0.3) is 0 Å². The first kappa shape index (κ1) is 15.9. The van der Waals surface area contributed by atoms with E-state index in [1.165, 1.54) is 11.3 Å². The second-order valence-corrected chi connectivity index (χ2v) is 8.67. The first-order chi connectivity index (χ1) is 9.36. The number of aryl methyl sites for hydroxylation is 1. The van der Waals surface area contributed by atoms with Crippen molar-refractivity contribution < 1.29 is 13.5 Å². The number of rotatable bonds is 4. The van der Waals surface area contributed by atoms with E-state index in [4.69, 9.17) is 0 Å². The molecule has 1 N–H and O–H groups in total. The van der Waals surface area contributed by atoms with Crippen molar-refractivity contribution in [1.29, 1.82) is 0 Å². The van der Waals surface area contributed by atoms with Gasteiger partial charge in [-0.3, -0.25) is 4.90 Å². The third-order valence-electron chi connectivity index (χ3n) is 3.74. The van der Waals surface area contributed by atoms with Crippen molar-refractivity contribution in [2.75, 3.05) is 26.2 Å². The van der Waals surface area contributed by atoms with Crippen LogP contribution >= 0.6 is 11.3 Å². The fourth-order valence-electron chi connectivity index (χ4n) is 2.36. The van der Waals surface area contributed by atoms with E-state index in [9.17, 15) is 13.5 Å². The molecule has 0 radical (unpaired) electrons. The van der Waals surface area contributed by atoms with Gasteiger partial charge < -0.3 is 5.11 Å². The van der Waals surface area contributed by atoms with Gasteiger partial charge >= 0.3 is 0 Å². The number of hydrogen-bond acceptors (Lipinski definition) is 5. The zero-order valence-electron chi connectivity index (χ0n) is 12.2. The number of nitrogens with zero attached hydrogens (tertiary/aromatic N) is 2. The van der Waals surface area contributed by atoms with E-state index in [1.54, 1.807) is 10.4 Å². The molecule has 0 amide bonds. The molecule has 1 aliphatic rings. The molecule has 114 valence electrons. The van der Waals surface area contributed by atoms with Crippen LogP contribution < -0.4 is 0 Å². The summed E-state index contributed by atoms with van der Waals surface area (Å²) in [6, 6.07) is 2.12. The lowest BCUT2D eigenvalue weighted by Gasteiger charge is -2.35. The quantitative estimate of drug-likeness (QED) is 0.908. The van der Waals surface area contributed by atoms with Crippen molar-refractivity contribution in [3.63, 3.8) is 0 Å². The molecule has 1 saturated heterocycles. The minimum atomic E-state index is -3.41. The van der Waals surface area contributed by atoms with E-state index in [2.05, 4.69) is 18.7 Å². The van der Waals surface area contributed by atoms with Crippen molar-refractivity contribution in [1.82, 2.24) is 9.21 Å². The summed E-state index contributed by atoms with van der Waals surface area (Å²) in [5.74, 6) is 0. The topological polar surface area (TPSA) is 60.9 Å². The monoisotopic (exact) mass is 318 g/mol. The van der Waals surface area contributed by atoms with Gasteiger partial charge in [0.25, 0.3) is 10.0 Å². The van der Waals surface area contributed by atoms with Crippen molar-refractivity contribution in [3.8, 4) is 0 Å². The second kappa shape index (κ2) is 6.11. The summed E-state index contributed by atoms with van der Waals surface area (Å²) in [5.41, 5.74) is 0.844. The van der Waals surface area contributed by atoms with Gasteiger partial charge in [0.05, 0.1) is 6.61 Å². The fourth-order valence-corrected chi connectivity index (χ4v) is 5.39. The minimum absolute atomic E-state index is 0.104. The second-order valence-electron chi connectivity index (χ2n) is 5.36. The molecule has 0 spiro atoms. The van der Waals surface area contributed by atoms with Crippen molar-refractivity contribution in [2.24, 2.45) is 0 Å². The van der Waals surface area contributed by atoms with Crippen LogP contribution in [0.4, 0.5) is 0 Å². The largest absolute Gasteiger partial charge is 0.391 e. The normalized spacial score (nSPS) is 18.9. The first-order valence-corrected chi connectivity index (χ1v) is 9.06. The molecule has 0 aliphatic carbocycles. The van der Waals surface area contributed by atoms with Crippen LogP contribution in [0.5, 0.6) is 0 Å². The first-order valence-electron chi connectivity index (χ1n) is 6.80. The Morgan fingerprint density at radius 1 is 1.30 bits per heavy atom. The van der Waals surface area contributed by atoms with Crippen molar-refractivity contribution in [2.45, 2.75) is 37.6 Å². The minimum Gasteiger partial charge on any atom is -0.391 e. The lowest BCUT2D eigenvalue weighted by molar-refractivity contribution is 0.154. The number of hydrogen-bond donors (Lipinski definition) is 1. The zero-order chi connectivity index (χ0) is 14.9. The van der Waals surface area contributed by atoms with Crippen LogP contribution in [0.2, 0.25) is 0 Å². The highest BCUT2D eigenvalue weighted by atomic mass is 32.2. The van der Waals surface area contributed by atoms with Crippen LogP contribution in [0, 0.1) is 6.92 Å². The lowest BCUT2D eigenvalue weighted by atomic mass is 10.3. The van der Waals surface area contributed by atoms with E-state index < -0.39 is 10.0 Å². The van der Waals surface area contributed by atoms with Crippen LogP contribution in [0.3, 0.4) is 0 Å². The van der Waals surface area contributed by atoms with E-state index >= 15 is 0 Å². The molecule has 0 aromatic carbocycles. The van der Waals surface area contributed by atoms with Crippen molar-refractivity contribution >= 4 is 21.4 Å². The summed E-state index contributed by atoms with van der Waals surface area (Å²) in [7, 11) is -3.41. The van der Waals surface area contributed by atoms with Gasteiger partial charge in [0, 0.05) is 37.1 Å². The third-order valence-corrected chi connectivity index (χ3v) is 7.31. The Kier molecular flexibility index (Phi) is 4.86. The van der Waals surface area contributed by atoms with Gasteiger partial charge in [-0.15, -0.1) is 11.3 Å². The van der Waals surface area contributed by atoms with Crippen LogP contribution in [0.15, 0.2) is 10.3 Å². The fraction of sp³-hybridized carbons (Fsp3) is 0.692. The molecular weight excluding hydrogens is 296 g/mol. The van der Waals surface area contributed by atoms with Crippen LogP contribution in [0.1, 0.15) is 24.3 Å². The molecule has 1 aromatic heterocycles.